The van der Waals surface area contributed by atoms with Crippen LogP contribution in [0.15, 0.2) is 18.5 Å². The van der Waals surface area contributed by atoms with Crippen molar-refractivity contribution in [2.75, 3.05) is 12.3 Å². The molecule has 0 aliphatic carbocycles. The number of hydrogen-bond donors (Lipinski definition) is 1. The van der Waals surface area contributed by atoms with Crippen LogP contribution in [0.4, 0.5) is 11.5 Å². The Morgan fingerprint density at radius 2 is 2.40 bits per heavy atom. The largest absolute Gasteiger partial charge is 0.468 e. The Labute approximate surface area is 85.7 Å². The molecule has 1 aromatic heterocycles. The highest BCUT2D eigenvalue weighted by Gasteiger charge is 2.21. The summed E-state index contributed by atoms with van der Waals surface area (Å²) in [5, 5.41) is 10.6. The zero-order chi connectivity index (χ0) is 11.3. The standard InChI is InChI=1S/C8H10N4O3/c1-2-3-4-15-8-6(12(13)14)7(9)10-5-11-8/h2-3,5H,4H2,1H3,(H2,9,10,11)/b3-2+. The van der Waals surface area contributed by atoms with Gasteiger partial charge in [-0.3, -0.25) is 10.1 Å². The van der Waals surface area contributed by atoms with Crippen LogP contribution in [0.2, 0.25) is 0 Å². The van der Waals surface area contributed by atoms with E-state index in [1.807, 2.05) is 6.92 Å². The normalized spacial score (nSPS) is 10.5. The fourth-order valence-corrected chi connectivity index (χ4v) is 0.876. The maximum atomic E-state index is 10.6. The van der Waals surface area contributed by atoms with Crippen LogP contribution in [0.3, 0.4) is 0 Å². The molecule has 15 heavy (non-hydrogen) atoms. The molecule has 80 valence electrons. The van der Waals surface area contributed by atoms with Gasteiger partial charge < -0.3 is 10.5 Å². The Bertz CT molecular complexity index is 391. The Kier molecular flexibility index (Phi) is 3.55. The number of nitrogens with zero attached hydrogens (tertiary/aromatic N) is 3. The second kappa shape index (κ2) is 4.89. The topological polar surface area (TPSA) is 104 Å². The van der Waals surface area contributed by atoms with Crippen molar-refractivity contribution in [2.45, 2.75) is 6.92 Å². The van der Waals surface area contributed by atoms with Crippen LogP contribution in [0, 0.1) is 10.1 Å². The van der Waals surface area contributed by atoms with Crippen molar-refractivity contribution in [3.05, 3.63) is 28.6 Å². The van der Waals surface area contributed by atoms with Crippen molar-refractivity contribution in [3.63, 3.8) is 0 Å². The van der Waals surface area contributed by atoms with Crippen molar-refractivity contribution in [1.82, 2.24) is 9.97 Å². The quantitative estimate of drug-likeness (QED) is 0.450. The van der Waals surface area contributed by atoms with Gasteiger partial charge in [-0.05, 0) is 6.92 Å². The van der Waals surface area contributed by atoms with Crippen molar-refractivity contribution in [3.8, 4) is 5.88 Å². The lowest BCUT2D eigenvalue weighted by molar-refractivity contribution is -0.385. The monoisotopic (exact) mass is 210 g/mol. The van der Waals surface area contributed by atoms with E-state index < -0.39 is 10.6 Å². The minimum absolute atomic E-state index is 0.120. The molecule has 1 rings (SSSR count). The summed E-state index contributed by atoms with van der Waals surface area (Å²) in [7, 11) is 0. The molecule has 1 aromatic rings. The van der Waals surface area contributed by atoms with E-state index in [0.29, 0.717) is 0 Å². The maximum absolute atomic E-state index is 10.6. The summed E-state index contributed by atoms with van der Waals surface area (Å²) in [6, 6.07) is 0. The smallest absolute Gasteiger partial charge is 0.372 e. The third-order valence-corrected chi connectivity index (χ3v) is 1.55. The molecule has 7 nitrogen and oxygen atoms in total. The van der Waals surface area contributed by atoms with Gasteiger partial charge in [0, 0.05) is 0 Å². The van der Waals surface area contributed by atoms with Crippen LogP contribution in [0.5, 0.6) is 5.88 Å². The van der Waals surface area contributed by atoms with Crippen molar-refractivity contribution in [1.29, 1.82) is 0 Å². The Morgan fingerprint density at radius 3 is 3.00 bits per heavy atom. The predicted octanol–water partition coefficient (Wildman–Crippen LogP) is 0.922. The first-order chi connectivity index (χ1) is 7.16. The Balaban J connectivity index is 2.95. The first-order valence-corrected chi connectivity index (χ1v) is 4.15. The number of hydrogen-bond acceptors (Lipinski definition) is 6. The molecule has 0 radical (unpaired) electrons. The van der Waals surface area contributed by atoms with Gasteiger partial charge in [0.25, 0.3) is 5.88 Å². The molecular weight excluding hydrogens is 200 g/mol. The summed E-state index contributed by atoms with van der Waals surface area (Å²) in [6.07, 6.45) is 4.58. The molecule has 0 saturated carbocycles. The maximum Gasteiger partial charge on any atom is 0.372 e. The lowest BCUT2D eigenvalue weighted by Crippen LogP contribution is -2.05. The molecule has 0 saturated heterocycles. The van der Waals surface area contributed by atoms with Gasteiger partial charge >= 0.3 is 5.69 Å². The number of nitrogens with two attached hydrogens (primary N) is 1. The molecule has 0 spiro atoms. The number of nitrogen functional groups attached to an aromatic ring is 1. The summed E-state index contributed by atoms with van der Waals surface area (Å²) in [5.74, 6) is -0.323. The first kappa shape index (κ1) is 10.9. The van der Waals surface area contributed by atoms with Crippen LogP contribution in [-0.4, -0.2) is 21.5 Å². The SMILES string of the molecule is C/C=C/COc1ncnc(N)c1[N+](=O)[O-]. The van der Waals surface area contributed by atoms with Gasteiger partial charge in [-0.2, -0.15) is 4.98 Å². The van der Waals surface area contributed by atoms with E-state index in [1.165, 1.54) is 0 Å². The fraction of sp³-hybridized carbons (Fsp3) is 0.250. The summed E-state index contributed by atoms with van der Waals surface area (Å²) >= 11 is 0. The van der Waals surface area contributed by atoms with Crippen LogP contribution in [0.25, 0.3) is 0 Å². The van der Waals surface area contributed by atoms with Crippen LogP contribution < -0.4 is 10.5 Å². The summed E-state index contributed by atoms with van der Waals surface area (Å²) in [6.45, 7) is 2.01. The predicted molar refractivity (Wildman–Crippen MR) is 53.4 cm³/mol. The van der Waals surface area contributed by atoms with Crippen LogP contribution in [-0.2, 0) is 0 Å². The highest BCUT2D eigenvalue weighted by molar-refractivity contribution is 5.57. The molecule has 1 heterocycles. The van der Waals surface area contributed by atoms with Gasteiger partial charge in [-0.25, -0.2) is 4.98 Å². The van der Waals surface area contributed by atoms with E-state index in [0.717, 1.165) is 6.33 Å². The van der Waals surface area contributed by atoms with E-state index in [9.17, 15) is 10.1 Å². The van der Waals surface area contributed by atoms with Crippen molar-refractivity contribution < 1.29 is 9.66 Å². The number of ether oxygens (including phenoxy) is 1. The lowest BCUT2D eigenvalue weighted by atomic mass is 10.4. The van der Waals surface area contributed by atoms with E-state index in [2.05, 4.69) is 9.97 Å². The third-order valence-electron chi connectivity index (χ3n) is 1.55. The van der Waals surface area contributed by atoms with Gasteiger partial charge in [0.2, 0.25) is 5.82 Å². The molecule has 0 fully saturated rings. The van der Waals surface area contributed by atoms with E-state index >= 15 is 0 Å². The average molecular weight is 210 g/mol. The molecule has 0 unspecified atom stereocenters. The molecular formula is C8H10N4O3. The van der Waals surface area contributed by atoms with E-state index in [4.69, 9.17) is 10.5 Å². The number of allylic oxidation sites excluding steroid dienone is 1. The molecule has 0 atom stereocenters. The molecule has 7 heteroatoms. The Morgan fingerprint density at radius 1 is 1.67 bits per heavy atom. The fourth-order valence-electron chi connectivity index (χ4n) is 0.876. The summed E-state index contributed by atoms with van der Waals surface area (Å²) in [4.78, 5) is 17.1. The minimum Gasteiger partial charge on any atom is -0.468 e. The first-order valence-electron chi connectivity index (χ1n) is 4.15. The Hall–Kier alpha value is -2.18. The molecule has 0 amide bonds. The van der Waals surface area contributed by atoms with Crippen molar-refractivity contribution in [2.24, 2.45) is 0 Å². The third kappa shape index (κ3) is 2.63. The molecule has 0 aliphatic rings. The highest BCUT2D eigenvalue weighted by Crippen LogP contribution is 2.28. The van der Waals surface area contributed by atoms with Gasteiger partial charge in [0.15, 0.2) is 0 Å². The second-order valence-corrected chi connectivity index (χ2v) is 2.55. The highest BCUT2D eigenvalue weighted by atomic mass is 16.6. The van der Waals surface area contributed by atoms with E-state index in [1.54, 1.807) is 12.2 Å². The minimum atomic E-state index is -0.666. The lowest BCUT2D eigenvalue weighted by Gasteiger charge is -2.03. The zero-order valence-electron chi connectivity index (χ0n) is 8.08. The number of aromatic nitrogens is 2. The van der Waals surface area contributed by atoms with Crippen LogP contribution >= 0.6 is 0 Å². The number of anilines is 1. The molecule has 0 bridgehead atoms. The van der Waals surface area contributed by atoms with Gasteiger partial charge in [-0.15, -0.1) is 0 Å². The summed E-state index contributed by atoms with van der Waals surface area (Å²) in [5.41, 5.74) is 4.93. The molecule has 0 aromatic carbocycles. The summed E-state index contributed by atoms with van der Waals surface area (Å²) < 4.78 is 5.06. The zero-order valence-corrected chi connectivity index (χ0v) is 8.08. The van der Waals surface area contributed by atoms with Gasteiger partial charge in [-0.1, -0.05) is 12.2 Å². The van der Waals surface area contributed by atoms with Crippen LogP contribution in [0.1, 0.15) is 6.92 Å². The average Bonchev–Trinajstić information content (AvgIpc) is 2.17. The van der Waals surface area contributed by atoms with Gasteiger partial charge in [0.1, 0.15) is 12.9 Å². The number of rotatable bonds is 4. The number of nitro groups is 1. The van der Waals surface area contributed by atoms with Gasteiger partial charge in [0.05, 0.1) is 4.92 Å². The van der Waals surface area contributed by atoms with E-state index in [-0.39, 0.29) is 18.3 Å². The second-order valence-electron chi connectivity index (χ2n) is 2.55. The molecule has 0 aliphatic heterocycles. The molecule has 2 N–H and O–H groups in total. The van der Waals surface area contributed by atoms with Crippen molar-refractivity contribution >= 4 is 11.5 Å².